The Kier molecular flexibility index (Phi) is 8.80. The lowest BCUT2D eigenvalue weighted by atomic mass is 10.2. The van der Waals surface area contributed by atoms with Crippen LogP contribution in [0.15, 0.2) is 24.3 Å². The maximum absolute atomic E-state index is 9.16. The summed E-state index contributed by atoms with van der Waals surface area (Å²) in [5.41, 5.74) is 0. The Morgan fingerprint density at radius 1 is 0.947 bits per heavy atom. The molecule has 1 heterocycles. The van der Waals surface area contributed by atoms with E-state index in [-0.39, 0.29) is 6.61 Å². The van der Waals surface area contributed by atoms with E-state index in [9.17, 15) is 0 Å². The summed E-state index contributed by atoms with van der Waals surface area (Å²) in [6.45, 7) is 8.75. The van der Waals surface area contributed by atoms with Gasteiger partial charge in [0.05, 0.1) is 12.8 Å². The fraction of sp³-hybridized carbons (Fsp3) is 0.750. The third-order valence-corrected chi connectivity index (χ3v) is 3.64. The Labute approximate surface area is 118 Å². The maximum atomic E-state index is 9.16. The highest BCUT2D eigenvalue weighted by Gasteiger charge is 2.29. The minimum absolute atomic E-state index is 0.261. The topological polar surface area (TPSA) is 26.7 Å². The summed E-state index contributed by atoms with van der Waals surface area (Å²) in [6.07, 6.45) is 14.0. The molecule has 0 bridgehead atoms. The molecule has 0 aromatic carbocycles. The molecule has 110 valence electrons. The van der Waals surface area contributed by atoms with Gasteiger partial charge in [0.25, 0.3) is 0 Å². The number of aliphatic hydroxyl groups excluding tert-OH is 1. The second kappa shape index (κ2) is 10.2. The van der Waals surface area contributed by atoms with E-state index in [0.29, 0.717) is 6.17 Å². The summed E-state index contributed by atoms with van der Waals surface area (Å²) in [5, 5.41) is 9.16. The first kappa shape index (κ1) is 16.4. The van der Waals surface area contributed by atoms with Crippen molar-refractivity contribution in [1.29, 1.82) is 0 Å². The van der Waals surface area contributed by atoms with Crippen molar-refractivity contribution in [2.75, 3.05) is 32.8 Å². The first-order chi connectivity index (χ1) is 9.33. The van der Waals surface area contributed by atoms with E-state index in [4.69, 9.17) is 5.11 Å². The van der Waals surface area contributed by atoms with Crippen LogP contribution in [-0.4, -0.2) is 53.9 Å². The molecule has 19 heavy (non-hydrogen) atoms. The number of β-amino-alcohol motifs (C(OH)–C–C–N with tert-alkyl or cyclic N) is 1. The Morgan fingerprint density at radius 2 is 1.58 bits per heavy atom. The van der Waals surface area contributed by atoms with Gasteiger partial charge in [-0.2, -0.15) is 0 Å². The van der Waals surface area contributed by atoms with Crippen LogP contribution in [0, 0.1) is 0 Å². The zero-order chi connectivity index (χ0) is 13.9. The summed E-state index contributed by atoms with van der Waals surface area (Å²) in [6, 6.07) is 0. The average Bonchev–Trinajstić information content (AvgIpc) is 2.79. The van der Waals surface area contributed by atoms with Crippen LogP contribution in [-0.2, 0) is 0 Å². The van der Waals surface area contributed by atoms with Gasteiger partial charge in [0.2, 0.25) is 0 Å². The highest BCUT2D eigenvalue weighted by molar-refractivity contribution is 4.91. The third-order valence-electron chi connectivity index (χ3n) is 3.64. The molecule has 0 amide bonds. The van der Waals surface area contributed by atoms with Crippen molar-refractivity contribution < 1.29 is 5.11 Å². The van der Waals surface area contributed by atoms with Crippen LogP contribution in [0.3, 0.4) is 0 Å². The van der Waals surface area contributed by atoms with Crippen molar-refractivity contribution in [1.82, 2.24) is 9.80 Å². The molecule has 1 atom stereocenters. The third kappa shape index (κ3) is 5.89. The highest BCUT2D eigenvalue weighted by atomic mass is 16.3. The molecule has 0 aromatic rings. The molecule has 1 fully saturated rings. The number of hydrogen-bond acceptors (Lipinski definition) is 3. The molecule has 3 heteroatoms. The molecule has 3 nitrogen and oxygen atoms in total. The van der Waals surface area contributed by atoms with Gasteiger partial charge in [0.15, 0.2) is 0 Å². The van der Waals surface area contributed by atoms with Crippen LogP contribution < -0.4 is 0 Å². The number of rotatable bonds is 9. The van der Waals surface area contributed by atoms with Crippen LogP contribution >= 0.6 is 0 Å². The van der Waals surface area contributed by atoms with Crippen molar-refractivity contribution in [3.63, 3.8) is 0 Å². The molecule has 0 radical (unpaired) electrons. The zero-order valence-electron chi connectivity index (χ0n) is 12.6. The van der Waals surface area contributed by atoms with E-state index in [1.54, 1.807) is 0 Å². The number of hydrogen-bond donors (Lipinski definition) is 1. The molecule has 1 aliphatic rings. The van der Waals surface area contributed by atoms with Gasteiger partial charge in [-0.3, -0.25) is 9.80 Å². The normalized spacial score (nSPS) is 22.2. The van der Waals surface area contributed by atoms with Crippen LogP contribution in [0.5, 0.6) is 0 Å². The zero-order valence-corrected chi connectivity index (χ0v) is 12.6. The molecule has 1 aliphatic heterocycles. The summed E-state index contributed by atoms with van der Waals surface area (Å²) < 4.78 is 0. The van der Waals surface area contributed by atoms with E-state index in [1.165, 1.54) is 0 Å². The summed E-state index contributed by atoms with van der Waals surface area (Å²) in [5.74, 6) is 0. The van der Waals surface area contributed by atoms with Gasteiger partial charge < -0.3 is 5.11 Å². The molecule has 1 saturated heterocycles. The lowest BCUT2D eigenvalue weighted by molar-refractivity contribution is 0.117. The fourth-order valence-corrected chi connectivity index (χ4v) is 2.64. The van der Waals surface area contributed by atoms with Crippen LogP contribution in [0.4, 0.5) is 0 Å². The van der Waals surface area contributed by atoms with Crippen molar-refractivity contribution >= 4 is 0 Å². The Morgan fingerprint density at radius 3 is 2.21 bits per heavy atom. The summed E-state index contributed by atoms with van der Waals surface area (Å²) in [4.78, 5) is 4.96. The minimum Gasteiger partial charge on any atom is -0.395 e. The number of aliphatic hydroxyl groups is 1. The number of nitrogens with zero attached hydrogens (tertiary/aromatic N) is 2. The van der Waals surface area contributed by atoms with Gasteiger partial charge in [-0.05, 0) is 25.7 Å². The first-order valence-electron chi connectivity index (χ1n) is 7.72. The second-order valence-electron chi connectivity index (χ2n) is 5.06. The summed E-state index contributed by atoms with van der Waals surface area (Å²) in [7, 11) is 0. The molecule has 1 unspecified atom stereocenters. The maximum Gasteiger partial charge on any atom is 0.0659 e. The van der Waals surface area contributed by atoms with Gasteiger partial charge in [-0.1, -0.05) is 38.2 Å². The SMILES string of the molecule is CC/C=C\CCN1CCN(CCO)C1C/C=C\CC. The van der Waals surface area contributed by atoms with Gasteiger partial charge in [-0.15, -0.1) is 0 Å². The molecular formula is C16H30N2O. The van der Waals surface area contributed by atoms with Crippen molar-refractivity contribution in [2.45, 2.75) is 45.7 Å². The molecule has 0 aromatic heterocycles. The van der Waals surface area contributed by atoms with Gasteiger partial charge in [0.1, 0.15) is 0 Å². The highest BCUT2D eigenvalue weighted by Crippen LogP contribution is 2.18. The summed E-state index contributed by atoms with van der Waals surface area (Å²) >= 11 is 0. The van der Waals surface area contributed by atoms with E-state index >= 15 is 0 Å². The quantitative estimate of drug-likeness (QED) is 0.650. The van der Waals surface area contributed by atoms with Crippen molar-refractivity contribution in [3.8, 4) is 0 Å². The molecular weight excluding hydrogens is 236 g/mol. The number of allylic oxidation sites excluding steroid dienone is 2. The Balaban J connectivity index is 2.47. The monoisotopic (exact) mass is 266 g/mol. The predicted octanol–water partition coefficient (Wildman–Crippen LogP) is 2.64. The first-order valence-corrected chi connectivity index (χ1v) is 7.72. The minimum atomic E-state index is 0.261. The van der Waals surface area contributed by atoms with E-state index < -0.39 is 0 Å². The predicted molar refractivity (Wildman–Crippen MR) is 82.1 cm³/mol. The van der Waals surface area contributed by atoms with Crippen molar-refractivity contribution in [2.24, 2.45) is 0 Å². The molecule has 1 rings (SSSR count). The van der Waals surface area contributed by atoms with Crippen LogP contribution in [0.25, 0.3) is 0 Å². The fourth-order valence-electron chi connectivity index (χ4n) is 2.64. The van der Waals surface area contributed by atoms with E-state index in [2.05, 4.69) is 48.0 Å². The Bertz CT molecular complexity index is 276. The van der Waals surface area contributed by atoms with Crippen LogP contribution in [0.2, 0.25) is 0 Å². The second-order valence-corrected chi connectivity index (χ2v) is 5.06. The lowest BCUT2D eigenvalue weighted by Gasteiger charge is -2.29. The Hall–Kier alpha value is -0.640. The lowest BCUT2D eigenvalue weighted by Crippen LogP contribution is -2.40. The van der Waals surface area contributed by atoms with Gasteiger partial charge in [0, 0.05) is 26.2 Å². The van der Waals surface area contributed by atoms with E-state index in [1.807, 2.05) is 0 Å². The standard InChI is InChI=1S/C16H30N2O/c1-3-5-7-9-11-17-12-13-18(14-15-19)16(17)10-8-6-4-2/h5-8,16,19H,3-4,9-15H2,1-2H3/b7-5-,8-6-. The molecule has 0 aliphatic carbocycles. The average molecular weight is 266 g/mol. The van der Waals surface area contributed by atoms with Gasteiger partial charge in [-0.25, -0.2) is 0 Å². The van der Waals surface area contributed by atoms with Crippen LogP contribution in [0.1, 0.15) is 39.5 Å². The molecule has 0 saturated carbocycles. The smallest absolute Gasteiger partial charge is 0.0659 e. The largest absolute Gasteiger partial charge is 0.395 e. The molecule has 1 N–H and O–H groups in total. The van der Waals surface area contributed by atoms with E-state index in [0.717, 1.165) is 51.9 Å². The van der Waals surface area contributed by atoms with Crippen molar-refractivity contribution in [3.05, 3.63) is 24.3 Å². The molecule has 0 spiro atoms. The van der Waals surface area contributed by atoms with Gasteiger partial charge >= 0.3 is 0 Å².